The van der Waals surface area contributed by atoms with Crippen LogP contribution in [0.5, 0.6) is 0 Å². The van der Waals surface area contributed by atoms with E-state index in [1.165, 1.54) is 66.0 Å². The van der Waals surface area contributed by atoms with E-state index in [-0.39, 0.29) is 0 Å². The standard InChI is InChI=1S/C57H40N4/c1-3-13-38(14-4-1)55-58-56(39-15-5-2-6-16-39)60-57(59-55)48-18-11-19-49(36-48)61-52-21-10-9-20-51(52)54-50-30-28-46(35-47(50)29-31-53(54)61)45-27-26-43-33-42(24-25-44(43)34-45)41-23-22-37-12-7-8-17-40(37)32-41/h1-27,29,31-37,40H,28,30H2. The molecule has 3 aliphatic carbocycles. The highest BCUT2D eigenvalue weighted by molar-refractivity contribution is 6.12. The van der Waals surface area contributed by atoms with E-state index in [1.807, 2.05) is 60.7 Å². The second-order valence-electron chi connectivity index (χ2n) is 16.3. The zero-order valence-corrected chi connectivity index (χ0v) is 33.5. The summed E-state index contributed by atoms with van der Waals surface area (Å²) in [5.41, 5.74) is 14.3. The molecular weight excluding hydrogens is 741 g/mol. The predicted molar refractivity (Wildman–Crippen MR) is 253 cm³/mol. The van der Waals surface area contributed by atoms with E-state index in [1.54, 1.807) is 0 Å². The van der Waals surface area contributed by atoms with Gasteiger partial charge in [0.2, 0.25) is 0 Å². The molecule has 0 amide bonds. The molecule has 4 heteroatoms. The van der Waals surface area contributed by atoms with Crippen LogP contribution in [0.15, 0.2) is 200 Å². The number of benzene rings is 7. The summed E-state index contributed by atoms with van der Waals surface area (Å²) < 4.78 is 2.41. The SMILES string of the molecule is C1=CC2C=CC(c3ccc4cc(C5=Cc6ccc7c(c6CC5)c5ccccc5n7-c5cccc(-c6nc(-c7ccccc7)nc(-c7ccccc7)n6)c5)ccc4c3)=CC2C=C1. The molecule has 0 saturated heterocycles. The van der Waals surface area contributed by atoms with Gasteiger partial charge in [0.1, 0.15) is 0 Å². The van der Waals surface area contributed by atoms with Gasteiger partial charge >= 0.3 is 0 Å². The van der Waals surface area contributed by atoms with Crippen LogP contribution in [0.3, 0.4) is 0 Å². The van der Waals surface area contributed by atoms with E-state index in [0.29, 0.717) is 29.3 Å². The van der Waals surface area contributed by atoms with Crippen LogP contribution in [-0.2, 0) is 6.42 Å². The van der Waals surface area contributed by atoms with Gasteiger partial charge < -0.3 is 4.57 Å². The van der Waals surface area contributed by atoms with E-state index >= 15 is 0 Å². The van der Waals surface area contributed by atoms with Gasteiger partial charge in [-0.25, -0.2) is 15.0 Å². The average Bonchev–Trinajstić information content (AvgIpc) is 3.68. The molecule has 2 unspecified atom stereocenters. The van der Waals surface area contributed by atoms with Crippen LogP contribution in [0, 0.1) is 11.8 Å². The van der Waals surface area contributed by atoms with Crippen LogP contribution in [0.1, 0.15) is 28.7 Å². The van der Waals surface area contributed by atoms with Gasteiger partial charge in [-0.2, -0.15) is 0 Å². The summed E-state index contributed by atoms with van der Waals surface area (Å²) in [4.78, 5) is 15.0. The van der Waals surface area contributed by atoms with Gasteiger partial charge in [-0.3, -0.25) is 0 Å². The minimum absolute atomic E-state index is 0.434. The molecule has 4 nitrogen and oxygen atoms in total. The number of aromatic nitrogens is 4. The summed E-state index contributed by atoms with van der Waals surface area (Å²) in [6, 6.07) is 56.3. The zero-order valence-electron chi connectivity index (χ0n) is 33.5. The monoisotopic (exact) mass is 780 g/mol. The Morgan fingerprint density at radius 3 is 1.90 bits per heavy atom. The van der Waals surface area contributed by atoms with Crippen molar-refractivity contribution in [2.45, 2.75) is 12.8 Å². The molecule has 0 fully saturated rings. The van der Waals surface area contributed by atoms with Gasteiger partial charge in [-0.15, -0.1) is 0 Å². The van der Waals surface area contributed by atoms with Crippen molar-refractivity contribution in [3.8, 4) is 39.9 Å². The van der Waals surface area contributed by atoms with Crippen LogP contribution in [0.4, 0.5) is 0 Å². The molecule has 2 aromatic heterocycles. The summed E-state index contributed by atoms with van der Waals surface area (Å²) in [5, 5.41) is 5.15. The summed E-state index contributed by atoms with van der Waals surface area (Å²) in [7, 11) is 0. The number of aryl methyl sites for hydroxylation is 1. The molecule has 9 aromatic rings. The molecule has 12 rings (SSSR count). The summed E-state index contributed by atoms with van der Waals surface area (Å²) in [6.45, 7) is 0. The third-order valence-corrected chi connectivity index (χ3v) is 12.7. The van der Waals surface area contributed by atoms with Crippen molar-refractivity contribution in [1.82, 2.24) is 19.5 Å². The fourth-order valence-corrected chi connectivity index (χ4v) is 9.60. The maximum absolute atomic E-state index is 5.04. The zero-order chi connectivity index (χ0) is 40.3. The van der Waals surface area contributed by atoms with Crippen LogP contribution in [-0.4, -0.2) is 19.5 Å². The first-order chi connectivity index (χ1) is 30.2. The van der Waals surface area contributed by atoms with Crippen molar-refractivity contribution >= 4 is 49.8 Å². The molecule has 0 aliphatic heterocycles. The highest BCUT2D eigenvalue weighted by Crippen LogP contribution is 2.41. The van der Waals surface area contributed by atoms with Gasteiger partial charge in [0.05, 0.1) is 11.0 Å². The minimum atomic E-state index is 0.434. The first kappa shape index (κ1) is 35.3. The van der Waals surface area contributed by atoms with Crippen molar-refractivity contribution in [2.24, 2.45) is 11.8 Å². The molecule has 0 spiro atoms. The van der Waals surface area contributed by atoms with E-state index < -0.39 is 0 Å². The third-order valence-electron chi connectivity index (χ3n) is 12.7. The molecule has 7 aromatic carbocycles. The molecule has 0 N–H and O–H groups in total. The quantitative estimate of drug-likeness (QED) is 0.169. The lowest BCUT2D eigenvalue weighted by Crippen LogP contribution is -2.11. The Balaban J connectivity index is 0.909. The van der Waals surface area contributed by atoms with E-state index in [2.05, 4.69) is 150 Å². The topological polar surface area (TPSA) is 43.6 Å². The highest BCUT2D eigenvalue weighted by Gasteiger charge is 2.22. The third kappa shape index (κ3) is 6.27. The number of hydrogen-bond donors (Lipinski definition) is 0. The first-order valence-electron chi connectivity index (χ1n) is 21.2. The molecule has 61 heavy (non-hydrogen) atoms. The van der Waals surface area contributed by atoms with Gasteiger partial charge in [-0.1, -0.05) is 170 Å². The van der Waals surface area contributed by atoms with E-state index in [9.17, 15) is 0 Å². The lowest BCUT2D eigenvalue weighted by Gasteiger charge is -2.23. The minimum Gasteiger partial charge on any atom is -0.309 e. The van der Waals surface area contributed by atoms with Crippen LogP contribution in [0.25, 0.3) is 89.7 Å². The van der Waals surface area contributed by atoms with Crippen molar-refractivity contribution < 1.29 is 0 Å². The maximum atomic E-state index is 5.04. The molecule has 3 aliphatic rings. The molecule has 0 bridgehead atoms. The largest absolute Gasteiger partial charge is 0.309 e. The smallest absolute Gasteiger partial charge is 0.164 e. The van der Waals surface area contributed by atoms with Crippen molar-refractivity contribution in [3.63, 3.8) is 0 Å². The van der Waals surface area contributed by atoms with Crippen molar-refractivity contribution in [2.75, 3.05) is 0 Å². The molecule has 2 atom stereocenters. The number of para-hydroxylation sites is 1. The van der Waals surface area contributed by atoms with Crippen LogP contribution < -0.4 is 0 Å². The van der Waals surface area contributed by atoms with Crippen molar-refractivity contribution in [1.29, 1.82) is 0 Å². The van der Waals surface area contributed by atoms with E-state index in [0.717, 1.165) is 35.2 Å². The van der Waals surface area contributed by atoms with Gasteiger partial charge in [0, 0.05) is 45.0 Å². The lowest BCUT2D eigenvalue weighted by molar-refractivity contribution is 0.663. The molecule has 2 heterocycles. The molecule has 0 radical (unpaired) electrons. The first-order valence-corrected chi connectivity index (χ1v) is 21.2. The van der Waals surface area contributed by atoms with Crippen LogP contribution in [0.2, 0.25) is 0 Å². The number of nitrogens with zero attached hydrogens (tertiary/aromatic N) is 4. The van der Waals surface area contributed by atoms with Gasteiger partial charge in [-0.05, 0) is 93.4 Å². The van der Waals surface area contributed by atoms with Gasteiger partial charge in [0.15, 0.2) is 17.5 Å². The number of allylic oxidation sites excluding steroid dienone is 9. The second-order valence-corrected chi connectivity index (χ2v) is 16.3. The van der Waals surface area contributed by atoms with Gasteiger partial charge in [0.25, 0.3) is 0 Å². The fourth-order valence-electron chi connectivity index (χ4n) is 9.60. The normalized spacial score (nSPS) is 16.7. The Hall–Kier alpha value is -7.69. The number of fused-ring (bicyclic) bond motifs is 7. The van der Waals surface area contributed by atoms with Crippen molar-refractivity contribution in [3.05, 3.63) is 223 Å². The molecular formula is C57H40N4. The molecule has 0 saturated carbocycles. The number of rotatable bonds is 6. The predicted octanol–water partition coefficient (Wildman–Crippen LogP) is 13.9. The summed E-state index contributed by atoms with van der Waals surface area (Å²) in [5.74, 6) is 2.86. The summed E-state index contributed by atoms with van der Waals surface area (Å²) in [6.07, 6.45) is 20.3. The maximum Gasteiger partial charge on any atom is 0.164 e. The Labute approximate surface area is 354 Å². The Morgan fingerprint density at radius 2 is 1.13 bits per heavy atom. The average molecular weight is 781 g/mol. The van der Waals surface area contributed by atoms with Crippen LogP contribution >= 0.6 is 0 Å². The molecule has 288 valence electrons. The fraction of sp³-hybridized carbons (Fsp3) is 0.0702. The lowest BCUT2D eigenvalue weighted by atomic mass is 9.81. The Bertz CT molecular complexity index is 3310. The Kier molecular flexibility index (Phi) is 8.41. The summed E-state index contributed by atoms with van der Waals surface area (Å²) >= 11 is 0. The highest BCUT2D eigenvalue weighted by atomic mass is 15.0. The number of hydrogen-bond acceptors (Lipinski definition) is 3. The second kappa shape index (κ2) is 14.5. The van der Waals surface area contributed by atoms with E-state index in [4.69, 9.17) is 15.0 Å². The Morgan fingerprint density at radius 1 is 0.475 bits per heavy atom.